The fraction of sp³-hybridized carbons (Fsp3) is 0.500. The van der Waals surface area contributed by atoms with Crippen molar-refractivity contribution in [3.8, 4) is 0 Å². The van der Waals surface area contributed by atoms with E-state index in [-0.39, 0.29) is 6.61 Å². The summed E-state index contributed by atoms with van der Waals surface area (Å²) >= 11 is 0.823. The molecule has 0 aromatic carbocycles. The summed E-state index contributed by atoms with van der Waals surface area (Å²) in [4.78, 5) is 20.0. The van der Waals surface area contributed by atoms with Crippen LogP contribution in [0.4, 0.5) is 9.59 Å². The van der Waals surface area contributed by atoms with Crippen molar-refractivity contribution in [2.75, 3.05) is 12.4 Å². The minimum atomic E-state index is -0.858. The normalized spacial score (nSPS) is 9.00. The number of amides is 2. The predicted molar refractivity (Wildman–Crippen MR) is 46.3 cm³/mol. The predicted octanol–water partition coefficient (Wildman–Crippen LogP) is 0.473. The summed E-state index contributed by atoms with van der Waals surface area (Å²) in [6.45, 7) is 0.176. The molecule has 0 spiro atoms. The van der Waals surface area contributed by atoms with Gasteiger partial charge in [-0.05, 0) is 10.8 Å². The Hall–Kier alpha value is -0.760. The highest BCUT2D eigenvalue weighted by Crippen LogP contribution is 2.21. The van der Waals surface area contributed by atoms with Crippen LogP contribution in [-0.4, -0.2) is 24.5 Å². The van der Waals surface area contributed by atoms with E-state index in [9.17, 15) is 9.59 Å². The molecule has 2 amide bonds. The van der Waals surface area contributed by atoms with E-state index in [0.717, 1.165) is 11.1 Å². The van der Waals surface area contributed by atoms with Gasteiger partial charge in [-0.25, -0.2) is 9.59 Å². The van der Waals surface area contributed by atoms with Crippen molar-refractivity contribution in [2.45, 2.75) is 0 Å². The number of hydrogen-bond acceptors (Lipinski definition) is 6. The van der Waals surface area contributed by atoms with Gasteiger partial charge in [0, 0.05) is 5.75 Å². The van der Waals surface area contributed by atoms with Crippen LogP contribution >= 0.6 is 21.9 Å². The largest absolute Gasteiger partial charge is 0.449 e. The summed E-state index contributed by atoms with van der Waals surface area (Å²) in [5.74, 6) is 0.473. The third-order valence-electron chi connectivity index (χ3n) is 0.575. The molecule has 0 bridgehead atoms. The number of nitrogens with two attached hydrogens (primary N) is 2. The number of primary amides is 2. The lowest BCUT2D eigenvalue weighted by atomic mass is 10.9. The standard InChI is InChI=1S/C4H8N2O4S2/c5-3(7)9-1-2-11-12-10-4(6)8/h1-2H2,(H2,5,7)(H2,6,8). The minimum absolute atomic E-state index is 0.176. The lowest BCUT2D eigenvalue weighted by Gasteiger charge is -1.99. The highest BCUT2D eigenvalue weighted by Gasteiger charge is 1.97. The first-order chi connectivity index (χ1) is 5.63. The summed E-state index contributed by atoms with van der Waals surface area (Å²) in [6.07, 6.45) is -1.68. The third kappa shape index (κ3) is 9.24. The highest BCUT2D eigenvalue weighted by atomic mass is 33.1. The topological polar surface area (TPSA) is 105 Å². The van der Waals surface area contributed by atoms with Crippen molar-refractivity contribution in [2.24, 2.45) is 11.5 Å². The molecule has 12 heavy (non-hydrogen) atoms. The van der Waals surface area contributed by atoms with E-state index in [1.807, 2.05) is 0 Å². The van der Waals surface area contributed by atoms with Crippen molar-refractivity contribution in [3.63, 3.8) is 0 Å². The summed E-state index contributed by atoms with van der Waals surface area (Å²) in [5, 5.41) is 0. The zero-order valence-corrected chi connectivity index (χ0v) is 7.65. The molecule has 4 N–H and O–H groups in total. The number of carbonyl (C=O) groups is 2. The Kier molecular flexibility index (Phi) is 6.48. The van der Waals surface area contributed by atoms with Gasteiger partial charge >= 0.3 is 12.2 Å². The minimum Gasteiger partial charge on any atom is -0.449 e. The van der Waals surface area contributed by atoms with Crippen LogP contribution in [0.2, 0.25) is 0 Å². The summed E-state index contributed by atoms with van der Waals surface area (Å²) in [7, 11) is 1.18. The lowest BCUT2D eigenvalue weighted by Crippen LogP contribution is -2.14. The third-order valence-corrected chi connectivity index (χ3v) is 2.23. The molecule has 0 aliphatic rings. The fourth-order valence-electron chi connectivity index (χ4n) is 0.268. The molecule has 0 saturated heterocycles. The zero-order valence-electron chi connectivity index (χ0n) is 6.02. The lowest BCUT2D eigenvalue weighted by molar-refractivity contribution is 0.164. The Morgan fingerprint density at radius 3 is 2.42 bits per heavy atom. The van der Waals surface area contributed by atoms with Gasteiger partial charge in [-0.2, -0.15) is 0 Å². The molecule has 0 atom stereocenters. The first-order valence-electron chi connectivity index (χ1n) is 2.80. The Morgan fingerprint density at radius 1 is 1.25 bits per heavy atom. The van der Waals surface area contributed by atoms with E-state index in [1.54, 1.807) is 0 Å². The van der Waals surface area contributed by atoms with Gasteiger partial charge in [-0.1, -0.05) is 0 Å². The zero-order chi connectivity index (χ0) is 9.40. The summed E-state index contributed by atoms with van der Waals surface area (Å²) in [6, 6.07) is 0. The van der Waals surface area contributed by atoms with Crippen LogP contribution < -0.4 is 11.5 Å². The number of ether oxygens (including phenoxy) is 1. The molecule has 0 fully saturated rings. The van der Waals surface area contributed by atoms with Gasteiger partial charge in [0.1, 0.15) is 17.7 Å². The molecular weight excluding hydrogens is 204 g/mol. The van der Waals surface area contributed by atoms with Crippen LogP contribution in [0, 0.1) is 0 Å². The van der Waals surface area contributed by atoms with E-state index < -0.39 is 12.2 Å². The van der Waals surface area contributed by atoms with Crippen molar-refractivity contribution in [1.29, 1.82) is 0 Å². The van der Waals surface area contributed by atoms with Gasteiger partial charge in [-0.15, -0.1) is 0 Å². The van der Waals surface area contributed by atoms with Crippen LogP contribution in [-0.2, 0) is 8.92 Å². The Labute approximate surface area is 76.9 Å². The number of rotatable bonds is 5. The molecule has 0 aromatic rings. The van der Waals surface area contributed by atoms with Crippen LogP contribution in [0.5, 0.6) is 0 Å². The van der Waals surface area contributed by atoms with Gasteiger partial charge in [0.25, 0.3) is 0 Å². The molecule has 8 heteroatoms. The maximum absolute atomic E-state index is 10.0. The van der Waals surface area contributed by atoms with Crippen LogP contribution in [0.15, 0.2) is 0 Å². The van der Waals surface area contributed by atoms with E-state index in [4.69, 9.17) is 0 Å². The molecule has 0 heterocycles. The number of hydrogen-bond donors (Lipinski definition) is 2. The molecule has 6 nitrogen and oxygen atoms in total. The maximum Gasteiger partial charge on any atom is 0.417 e. The van der Waals surface area contributed by atoms with Crippen LogP contribution in [0.3, 0.4) is 0 Å². The molecule has 0 aliphatic carbocycles. The second-order valence-corrected chi connectivity index (χ2v) is 3.52. The number of carbonyl (C=O) groups excluding carboxylic acids is 2. The first-order valence-corrected chi connectivity index (χ1v) is 5.05. The second kappa shape index (κ2) is 6.92. The van der Waals surface area contributed by atoms with Crippen LogP contribution in [0.1, 0.15) is 0 Å². The average molecular weight is 212 g/mol. The van der Waals surface area contributed by atoms with E-state index in [0.29, 0.717) is 5.75 Å². The summed E-state index contributed by atoms with van der Waals surface area (Å²) < 4.78 is 8.68. The molecule has 0 aromatic heterocycles. The van der Waals surface area contributed by atoms with Gasteiger partial charge in [0.2, 0.25) is 0 Å². The molecule has 0 aliphatic heterocycles. The quantitative estimate of drug-likeness (QED) is 0.390. The molecular formula is C4H8N2O4S2. The highest BCUT2D eigenvalue weighted by molar-refractivity contribution is 8.75. The second-order valence-electron chi connectivity index (χ2n) is 1.46. The van der Waals surface area contributed by atoms with Gasteiger partial charge in [-0.3, -0.25) is 0 Å². The van der Waals surface area contributed by atoms with E-state index in [2.05, 4.69) is 20.4 Å². The maximum atomic E-state index is 10.0. The molecule has 0 unspecified atom stereocenters. The Morgan fingerprint density at radius 2 is 1.92 bits per heavy atom. The fourth-order valence-corrected chi connectivity index (χ4v) is 1.36. The molecule has 70 valence electrons. The van der Waals surface area contributed by atoms with E-state index >= 15 is 0 Å². The Bertz CT molecular complexity index is 147. The average Bonchev–Trinajstić information content (AvgIpc) is 1.95. The van der Waals surface area contributed by atoms with Crippen molar-refractivity contribution in [3.05, 3.63) is 0 Å². The van der Waals surface area contributed by atoms with Gasteiger partial charge in [0.15, 0.2) is 0 Å². The molecule has 0 radical (unpaired) electrons. The monoisotopic (exact) mass is 212 g/mol. The van der Waals surface area contributed by atoms with Crippen molar-refractivity contribution < 1.29 is 18.5 Å². The molecule has 0 rings (SSSR count). The van der Waals surface area contributed by atoms with Crippen molar-refractivity contribution >= 4 is 34.1 Å². The Balaban J connectivity index is 3.01. The van der Waals surface area contributed by atoms with Gasteiger partial charge < -0.3 is 20.4 Å². The first kappa shape index (κ1) is 11.2. The van der Waals surface area contributed by atoms with Crippen LogP contribution in [0.25, 0.3) is 0 Å². The van der Waals surface area contributed by atoms with Crippen molar-refractivity contribution in [1.82, 2.24) is 0 Å². The SMILES string of the molecule is NC(=O)OCCSSOC(N)=O. The smallest absolute Gasteiger partial charge is 0.417 e. The van der Waals surface area contributed by atoms with E-state index in [1.165, 1.54) is 10.8 Å². The summed E-state index contributed by atoms with van der Waals surface area (Å²) in [5.41, 5.74) is 9.33. The molecule has 0 saturated carbocycles. The van der Waals surface area contributed by atoms with Gasteiger partial charge in [0.05, 0.1) is 0 Å².